The lowest BCUT2D eigenvalue weighted by molar-refractivity contribution is -0.138. The van der Waals surface area contributed by atoms with Crippen LogP contribution in [-0.2, 0) is 23.8 Å². The van der Waals surface area contributed by atoms with E-state index in [0.717, 1.165) is 0 Å². The summed E-state index contributed by atoms with van der Waals surface area (Å²) in [5.41, 5.74) is 2.75. The summed E-state index contributed by atoms with van der Waals surface area (Å²) in [6, 6.07) is 13.0. The quantitative estimate of drug-likeness (QED) is 0.0610. The standard InChI is InChI=1S/C56H64F4N10O8/c1-29(76-3)48(65-55(73)74)53(71)68-19-9-13-46(68)51-61-40-25-34(36(57)27-42(40)63-51)44-15-16-45(70(44)33-23-38(59)50(39(60)24-33)67-21-17-32(18-22-67)31-11-7-6-8-12-31)35-26-41-43(28-37(35)58)64-52(62-41)47-14-10-20-69(47)54(72)49(30(2)77-4)66-56(75)78-5/h6-8,11-12,23-30,32,44-49,65H,9-10,13-22H2,1-5H3,(H,61,63)(H,62,64)(H,66,75)(H,73,74)/t29-,30?,44-,45-,46+,47+,48+,49+/m1/s1. The molecule has 4 aliphatic heterocycles. The Kier molecular flexibility index (Phi) is 15.5. The van der Waals surface area contributed by atoms with Crippen LogP contribution in [0.5, 0.6) is 0 Å². The van der Waals surface area contributed by atoms with Gasteiger partial charge in [-0.25, -0.2) is 37.1 Å². The largest absolute Gasteiger partial charge is 0.465 e. The smallest absolute Gasteiger partial charge is 0.407 e. The van der Waals surface area contributed by atoms with Gasteiger partial charge in [0.05, 0.1) is 65.6 Å². The van der Waals surface area contributed by atoms with E-state index in [0.29, 0.717) is 98.4 Å². The predicted molar refractivity (Wildman–Crippen MR) is 281 cm³/mol. The fraction of sp³-hybridized carbons (Fsp3) is 0.464. The number of aromatic nitrogens is 4. The molecule has 4 saturated heterocycles. The highest BCUT2D eigenvalue weighted by atomic mass is 19.1. The van der Waals surface area contributed by atoms with Crippen LogP contribution in [0.4, 0.5) is 38.5 Å². The van der Waals surface area contributed by atoms with Crippen LogP contribution in [0.25, 0.3) is 22.1 Å². The van der Waals surface area contributed by atoms with Gasteiger partial charge < -0.3 is 59.5 Å². The van der Waals surface area contributed by atoms with Gasteiger partial charge in [0.2, 0.25) is 11.8 Å². The zero-order valence-electron chi connectivity index (χ0n) is 44.0. The second-order valence-electron chi connectivity index (χ2n) is 20.8. The molecule has 0 aliphatic carbocycles. The first-order valence-corrected chi connectivity index (χ1v) is 26.5. The van der Waals surface area contributed by atoms with Crippen LogP contribution in [0, 0.1) is 23.3 Å². The molecule has 6 heterocycles. The highest BCUT2D eigenvalue weighted by Crippen LogP contribution is 2.50. The van der Waals surface area contributed by atoms with Crippen LogP contribution in [0.1, 0.15) is 124 Å². The summed E-state index contributed by atoms with van der Waals surface area (Å²) >= 11 is 0. The van der Waals surface area contributed by atoms with E-state index in [1.807, 2.05) is 18.2 Å². The number of alkyl carbamates (subject to hydrolysis) is 1. The Bertz CT molecular complexity index is 3190. The normalized spacial score (nSPS) is 21.6. The fourth-order valence-electron chi connectivity index (χ4n) is 12.2. The summed E-state index contributed by atoms with van der Waals surface area (Å²) in [4.78, 5) is 74.6. The zero-order valence-corrected chi connectivity index (χ0v) is 44.0. The first kappa shape index (κ1) is 53.9. The third-order valence-electron chi connectivity index (χ3n) is 16.4. The molecule has 6 aromatic rings. The lowest BCUT2D eigenvalue weighted by Crippen LogP contribution is -2.54. The number of aromatic amines is 2. The molecule has 4 amide bonds. The van der Waals surface area contributed by atoms with Crippen molar-refractivity contribution in [2.24, 2.45) is 0 Å². The monoisotopic (exact) mass is 1080 g/mol. The Balaban J connectivity index is 0.996. The number of ether oxygens (including phenoxy) is 3. The van der Waals surface area contributed by atoms with E-state index in [-0.39, 0.29) is 41.3 Å². The van der Waals surface area contributed by atoms with Crippen molar-refractivity contribution in [3.05, 3.63) is 118 Å². The number of nitrogens with one attached hydrogen (secondary N) is 4. The van der Waals surface area contributed by atoms with E-state index in [2.05, 4.69) is 32.7 Å². The van der Waals surface area contributed by atoms with Crippen LogP contribution >= 0.6 is 0 Å². The van der Waals surface area contributed by atoms with Crippen molar-refractivity contribution >= 4 is 57.4 Å². The van der Waals surface area contributed by atoms with Crippen LogP contribution in [0.2, 0.25) is 0 Å². The van der Waals surface area contributed by atoms with Crippen molar-refractivity contribution in [2.45, 2.75) is 120 Å². The lowest BCUT2D eigenvalue weighted by Gasteiger charge is -2.36. The molecule has 0 bridgehead atoms. The number of anilines is 2. The third kappa shape index (κ3) is 10.4. The number of benzene rings is 4. The number of likely N-dealkylation sites (tertiary alicyclic amines) is 2. The molecule has 10 rings (SSSR count). The van der Waals surface area contributed by atoms with Crippen LogP contribution in [0.15, 0.2) is 66.7 Å². The topological polar surface area (TPSA) is 211 Å². The molecule has 78 heavy (non-hydrogen) atoms. The van der Waals surface area contributed by atoms with E-state index < -0.39 is 95.7 Å². The van der Waals surface area contributed by atoms with E-state index in [1.54, 1.807) is 40.7 Å². The van der Waals surface area contributed by atoms with E-state index >= 15 is 17.6 Å². The number of hydrogen-bond donors (Lipinski definition) is 5. The number of fused-ring (bicyclic) bond motifs is 2. The number of imidazole rings is 2. The third-order valence-corrected chi connectivity index (χ3v) is 16.4. The Hall–Kier alpha value is -7.46. The number of nitrogens with zero attached hydrogens (tertiary/aromatic N) is 6. The van der Waals surface area contributed by atoms with Crippen LogP contribution in [0.3, 0.4) is 0 Å². The number of hydrogen-bond acceptors (Lipinski definition) is 11. The molecule has 414 valence electrons. The van der Waals surface area contributed by atoms with Gasteiger partial charge >= 0.3 is 12.2 Å². The van der Waals surface area contributed by atoms with Crippen molar-refractivity contribution in [1.29, 1.82) is 0 Å². The van der Waals surface area contributed by atoms with Gasteiger partial charge in [0.1, 0.15) is 41.1 Å². The summed E-state index contributed by atoms with van der Waals surface area (Å²) in [6.07, 6.45) is 0.381. The number of amides is 4. The second kappa shape index (κ2) is 22.5. The van der Waals surface area contributed by atoms with E-state index in [1.165, 1.54) is 56.1 Å². The molecule has 5 N–H and O–H groups in total. The van der Waals surface area contributed by atoms with Crippen molar-refractivity contribution in [1.82, 2.24) is 40.4 Å². The minimum absolute atomic E-state index is 0.0697. The fourth-order valence-corrected chi connectivity index (χ4v) is 12.2. The van der Waals surface area contributed by atoms with Crippen LogP contribution < -0.4 is 20.4 Å². The van der Waals surface area contributed by atoms with Gasteiger partial charge in [0.15, 0.2) is 11.6 Å². The number of piperidine rings is 1. The highest BCUT2D eigenvalue weighted by Gasteiger charge is 2.43. The number of rotatable bonds is 15. The van der Waals surface area contributed by atoms with Gasteiger partial charge in [-0.2, -0.15) is 0 Å². The van der Waals surface area contributed by atoms with Gasteiger partial charge in [0, 0.05) is 57.2 Å². The first-order chi connectivity index (χ1) is 37.6. The van der Waals surface area contributed by atoms with Gasteiger partial charge in [-0.15, -0.1) is 0 Å². The van der Waals surface area contributed by atoms with Gasteiger partial charge in [-0.1, -0.05) is 30.3 Å². The van der Waals surface area contributed by atoms with Crippen molar-refractivity contribution in [3.8, 4) is 0 Å². The minimum Gasteiger partial charge on any atom is -0.465 e. The number of H-pyrrole nitrogens is 2. The number of carboxylic acid groups (broad SMARTS) is 1. The maximum atomic E-state index is 17.0. The Morgan fingerprint density at radius 3 is 1.58 bits per heavy atom. The average molecular weight is 1080 g/mol. The van der Waals surface area contributed by atoms with Gasteiger partial charge in [0.25, 0.3) is 0 Å². The van der Waals surface area contributed by atoms with E-state index in [9.17, 15) is 24.3 Å². The first-order valence-electron chi connectivity index (χ1n) is 26.5. The predicted octanol–water partition coefficient (Wildman–Crippen LogP) is 9.22. The zero-order chi connectivity index (χ0) is 55.1. The molecule has 0 spiro atoms. The molecule has 2 aromatic heterocycles. The number of carbonyl (C=O) groups is 4. The lowest BCUT2D eigenvalue weighted by atomic mass is 9.89. The molecule has 22 heteroatoms. The summed E-state index contributed by atoms with van der Waals surface area (Å²) < 4.78 is 83.2. The van der Waals surface area contributed by atoms with Gasteiger partial charge in [-0.3, -0.25) is 9.59 Å². The second-order valence-corrected chi connectivity index (χ2v) is 20.8. The molecule has 4 fully saturated rings. The van der Waals surface area contributed by atoms with E-state index in [4.69, 9.17) is 24.2 Å². The Morgan fingerprint density at radius 1 is 0.628 bits per heavy atom. The minimum atomic E-state index is -1.39. The average Bonchev–Trinajstić information content (AvgIpc) is 4.35. The summed E-state index contributed by atoms with van der Waals surface area (Å²) in [6.45, 7) is 4.74. The van der Waals surface area contributed by atoms with Crippen molar-refractivity contribution in [3.63, 3.8) is 0 Å². The number of carbonyl (C=O) groups excluding carboxylic acids is 3. The highest BCUT2D eigenvalue weighted by molar-refractivity contribution is 5.88. The Morgan fingerprint density at radius 2 is 1.12 bits per heavy atom. The molecule has 4 aromatic carbocycles. The number of halogens is 4. The van der Waals surface area contributed by atoms with Crippen molar-refractivity contribution in [2.75, 3.05) is 57.3 Å². The molecular formula is C56H64F4N10O8. The Labute approximate surface area is 447 Å². The molecule has 8 atom stereocenters. The molecule has 18 nitrogen and oxygen atoms in total. The van der Waals surface area contributed by atoms with Gasteiger partial charge in [-0.05, 0) is 113 Å². The summed E-state index contributed by atoms with van der Waals surface area (Å²) in [5.74, 6) is -2.86. The molecule has 1 unspecified atom stereocenters. The van der Waals surface area contributed by atoms with Crippen LogP contribution in [-0.4, -0.2) is 131 Å². The maximum absolute atomic E-state index is 17.0. The summed E-state index contributed by atoms with van der Waals surface area (Å²) in [5, 5.41) is 14.4. The molecular weight excluding hydrogens is 1020 g/mol. The molecule has 4 aliphatic rings. The maximum Gasteiger partial charge on any atom is 0.407 e. The SMILES string of the molecule is COC(=O)N[C@H](C(=O)N1CCC[C@H]1c1nc2cc([C@H]3CC[C@H](c4cc5nc([C@@H]6CCCN6C(=O)[C@@H](NC(=O)O)[C@@H](C)OC)[nH]c5cc4F)N3c3cc(F)c(N4CCC(c5ccccc5)CC4)c(F)c3)c(F)cc2[nH]1)C(C)OC. The van der Waals surface area contributed by atoms with Crippen molar-refractivity contribution < 1.29 is 56.1 Å². The molecule has 0 saturated carbocycles. The number of methoxy groups -OCH3 is 3. The molecule has 0 radical (unpaired) electrons. The summed E-state index contributed by atoms with van der Waals surface area (Å²) in [7, 11) is 4.00.